The summed E-state index contributed by atoms with van der Waals surface area (Å²) < 4.78 is 7.05. The molecule has 0 fully saturated rings. The van der Waals surface area contributed by atoms with Crippen molar-refractivity contribution in [3.05, 3.63) is 60.6 Å². The maximum absolute atomic E-state index is 5.29. The first-order chi connectivity index (χ1) is 13.2. The number of ether oxygens (including phenoxy) is 1. The van der Waals surface area contributed by atoms with Gasteiger partial charge in [0.05, 0.1) is 18.7 Å². The van der Waals surface area contributed by atoms with Gasteiger partial charge in [0.15, 0.2) is 11.5 Å². The van der Waals surface area contributed by atoms with Gasteiger partial charge in [-0.05, 0) is 36.2 Å². The third-order valence-electron chi connectivity index (χ3n) is 4.37. The van der Waals surface area contributed by atoms with Crippen molar-refractivity contribution in [3.63, 3.8) is 0 Å². The van der Waals surface area contributed by atoms with Gasteiger partial charge in [-0.25, -0.2) is 9.97 Å². The van der Waals surface area contributed by atoms with Crippen molar-refractivity contribution in [2.75, 3.05) is 19.0 Å². The van der Waals surface area contributed by atoms with E-state index in [-0.39, 0.29) is 0 Å². The summed E-state index contributed by atoms with van der Waals surface area (Å²) >= 11 is 0. The number of methoxy groups -OCH3 is 1. The molecule has 0 aliphatic rings. The quantitative estimate of drug-likeness (QED) is 0.569. The van der Waals surface area contributed by atoms with Crippen LogP contribution >= 0.6 is 0 Å². The van der Waals surface area contributed by atoms with E-state index in [0.717, 1.165) is 41.1 Å². The number of anilines is 1. The highest BCUT2D eigenvalue weighted by Crippen LogP contribution is 2.24. The number of aromatic nitrogens is 5. The fraction of sp³-hybridized carbons (Fsp3) is 0.200. The third-order valence-corrected chi connectivity index (χ3v) is 4.37. The van der Waals surface area contributed by atoms with E-state index >= 15 is 0 Å². The van der Waals surface area contributed by atoms with Crippen LogP contribution in [0.4, 0.5) is 5.82 Å². The molecule has 0 atom stereocenters. The number of pyridine rings is 1. The third kappa shape index (κ3) is 3.57. The highest BCUT2D eigenvalue weighted by atomic mass is 16.5. The summed E-state index contributed by atoms with van der Waals surface area (Å²) in [7, 11) is 3.56. The van der Waals surface area contributed by atoms with Crippen LogP contribution in [0.1, 0.15) is 5.56 Å². The van der Waals surface area contributed by atoms with E-state index in [4.69, 9.17) is 9.72 Å². The smallest absolute Gasteiger partial charge is 0.164 e. The predicted molar refractivity (Wildman–Crippen MR) is 105 cm³/mol. The molecule has 0 saturated heterocycles. The van der Waals surface area contributed by atoms with Crippen molar-refractivity contribution >= 4 is 16.9 Å². The zero-order valence-corrected chi connectivity index (χ0v) is 15.3. The Morgan fingerprint density at radius 2 is 1.96 bits per heavy atom. The van der Waals surface area contributed by atoms with Gasteiger partial charge in [0, 0.05) is 31.5 Å². The topological polar surface area (TPSA) is 77.8 Å². The van der Waals surface area contributed by atoms with E-state index in [2.05, 4.69) is 26.4 Å². The van der Waals surface area contributed by atoms with Gasteiger partial charge < -0.3 is 10.1 Å². The monoisotopic (exact) mass is 360 g/mol. The molecule has 1 aromatic carbocycles. The van der Waals surface area contributed by atoms with Crippen LogP contribution in [0.3, 0.4) is 0 Å². The zero-order chi connectivity index (χ0) is 18.6. The van der Waals surface area contributed by atoms with E-state index in [1.807, 2.05) is 37.4 Å². The summed E-state index contributed by atoms with van der Waals surface area (Å²) in [4.78, 5) is 13.4. The van der Waals surface area contributed by atoms with Crippen molar-refractivity contribution in [1.29, 1.82) is 0 Å². The molecular formula is C20H20N6O. The average Bonchev–Trinajstić information content (AvgIpc) is 3.10. The first-order valence-corrected chi connectivity index (χ1v) is 8.71. The Bertz CT molecular complexity index is 1060. The molecule has 7 nitrogen and oxygen atoms in total. The van der Waals surface area contributed by atoms with Crippen LogP contribution in [-0.4, -0.2) is 38.4 Å². The first-order valence-electron chi connectivity index (χ1n) is 8.71. The lowest BCUT2D eigenvalue weighted by atomic mass is 10.1. The van der Waals surface area contributed by atoms with Gasteiger partial charge in [0.25, 0.3) is 0 Å². The molecule has 0 aliphatic carbocycles. The van der Waals surface area contributed by atoms with Gasteiger partial charge in [-0.3, -0.25) is 9.67 Å². The van der Waals surface area contributed by atoms with E-state index in [1.165, 1.54) is 5.56 Å². The molecular weight excluding hydrogens is 340 g/mol. The van der Waals surface area contributed by atoms with Gasteiger partial charge in [0.1, 0.15) is 11.6 Å². The molecule has 7 heteroatoms. The normalized spacial score (nSPS) is 10.9. The molecule has 0 amide bonds. The molecule has 4 aromatic rings. The number of rotatable bonds is 6. The first kappa shape index (κ1) is 17.0. The molecule has 3 aromatic heterocycles. The Morgan fingerprint density at radius 3 is 2.78 bits per heavy atom. The van der Waals surface area contributed by atoms with Gasteiger partial charge in [0.2, 0.25) is 0 Å². The number of fused-ring (bicyclic) bond motifs is 1. The summed E-state index contributed by atoms with van der Waals surface area (Å²) in [6.45, 7) is 0.740. The minimum absolute atomic E-state index is 0.650. The van der Waals surface area contributed by atoms with Crippen LogP contribution in [0.5, 0.6) is 5.75 Å². The molecule has 0 spiro atoms. The van der Waals surface area contributed by atoms with Crippen molar-refractivity contribution in [1.82, 2.24) is 24.7 Å². The summed E-state index contributed by atoms with van der Waals surface area (Å²) in [6, 6.07) is 11.9. The maximum atomic E-state index is 5.29. The Kier molecular flexibility index (Phi) is 4.65. The lowest BCUT2D eigenvalue weighted by Gasteiger charge is -2.10. The van der Waals surface area contributed by atoms with Crippen LogP contribution in [0.15, 0.2) is 55.0 Å². The molecule has 0 radical (unpaired) electrons. The molecule has 0 unspecified atom stereocenters. The summed E-state index contributed by atoms with van der Waals surface area (Å²) in [6.07, 6.45) is 6.12. The van der Waals surface area contributed by atoms with Crippen molar-refractivity contribution in [3.8, 4) is 17.1 Å². The van der Waals surface area contributed by atoms with Crippen molar-refractivity contribution < 1.29 is 4.74 Å². The summed E-state index contributed by atoms with van der Waals surface area (Å²) in [5.74, 6) is 2.30. The lowest BCUT2D eigenvalue weighted by molar-refractivity contribution is 0.414. The summed E-state index contributed by atoms with van der Waals surface area (Å²) in [5, 5.41) is 8.67. The summed E-state index contributed by atoms with van der Waals surface area (Å²) in [5.41, 5.74) is 2.91. The number of aryl methyl sites for hydroxylation is 1. The minimum atomic E-state index is 0.650. The SMILES string of the molecule is COc1cccc(CCNc2nc(-c3ccncc3)nc3c2cnn3C)c1. The molecule has 3 heterocycles. The van der Waals surface area contributed by atoms with Crippen molar-refractivity contribution in [2.45, 2.75) is 6.42 Å². The molecule has 0 bridgehead atoms. The molecule has 136 valence electrons. The highest BCUT2D eigenvalue weighted by molar-refractivity contribution is 5.88. The Labute approximate surface area is 157 Å². The van der Waals surface area contributed by atoms with Crippen LogP contribution in [0, 0.1) is 0 Å². The van der Waals surface area contributed by atoms with Crippen molar-refractivity contribution in [2.24, 2.45) is 7.05 Å². The van der Waals surface area contributed by atoms with Crippen LogP contribution < -0.4 is 10.1 Å². The second-order valence-corrected chi connectivity index (χ2v) is 6.17. The minimum Gasteiger partial charge on any atom is -0.497 e. The highest BCUT2D eigenvalue weighted by Gasteiger charge is 2.12. The van der Waals surface area contributed by atoms with Gasteiger partial charge in [-0.2, -0.15) is 5.10 Å². The standard InChI is InChI=1S/C20H20N6O/c1-26-20-17(13-23-26)19(24-18(25-20)15-7-9-21-10-8-15)22-11-6-14-4-3-5-16(12-14)27-2/h3-5,7-10,12-13H,6,11H2,1-2H3,(H,22,24,25). The Balaban J connectivity index is 1.60. The largest absolute Gasteiger partial charge is 0.497 e. The van der Waals surface area contributed by atoms with Crippen LogP contribution in [0.2, 0.25) is 0 Å². The zero-order valence-electron chi connectivity index (χ0n) is 15.3. The number of hydrogen-bond donors (Lipinski definition) is 1. The lowest BCUT2D eigenvalue weighted by Crippen LogP contribution is -2.08. The van der Waals surface area contributed by atoms with Gasteiger partial charge in [-0.15, -0.1) is 0 Å². The second-order valence-electron chi connectivity index (χ2n) is 6.17. The van der Waals surface area contributed by atoms with E-state index in [1.54, 1.807) is 30.4 Å². The molecule has 27 heavy (non-hydrogen) atoms. The number of benzene rings is 1. The van der Waals surface area contributed by atoms with Crippen LogP contribution in [0.25, 0.3) is 22.4 Å². The number of hydrogen-bond acceptors (Lipinski definition) is 6. The van der Waals surface area contributed by atoms with Crippen LogP contribution in [-0.2, 0) is 13.5 Å². The number of nitrogens with one attached hydrogen (secondary N) is 1. The molecule has 0 saturated carbocycles. The predicted octanol–water partition coefficient (Wildman–Crippen LogP) is 3.09. The second kappa shape index (κ2) is 7.41. The van der Waals surface area contributed by atoms with E-state index < -0.39 is 0 Å². The molecule has 4 rings (SSSR count). The van der Waals surface area contributed by atoms with Gasteiger partial charge in [-0.1, -0.05) is 12.1 Å². The average molecular weight is 360 g/mol. The fourth-order valence-electron chi connectivity index (χ4n) is 2.94. The molecule has 1 N–H and O–H groups in total. The van der Waals surface area contributed by atoms with Gasteiger partial charge >= 0.3 is 0 Å². The Hall–Kier alpha value is -3.48. The molecule has 0 aliphatic heterocycles. The van der Waals surface area contributed by atoms with E-state index in [9.17, 15) is 0 Å². The fourth-order valence-corrected chi connectivity index (χ4v) is 2.94. The Morgan fingerprint density at radius 1 is 1.11 bits per heavy atom. The number of nitrogens with zero attached hydrogens (tertiary/aromatic N) is 5. The van der Waals surface area contributed by atoms with E-state index in [0.29, 0.717) is 5.82 Å². The maximum Gasteiger partial charge on any atom is 0.164 e.